The quantitative estimate of drug-likeness (QED) is 0.886. The molecule has 1 aliphatic carbocycles. The molecule has 1 spiro atoms. The van der Waals surface area contributed by atoms with Gasteiger partial charge in [0, 0.05) is 24.8 Å². The van der Waals surface area contributed by atoms with Gasteiger partial charge in [0.25, 0.3) is 5.91 Å². The summed E-state index contributed by atoms with van der Waals surface area (Å²) in [6.45, 7) is 5.42. The highest BCUT2D eigenvalue weighted by molar-refractivity contribution is 5.97. The number of carbonyl (C=O) groups is 2. The molecule has 0 bridgehead atoms. The molecule has 28 heavy (non-hydrogen) atoms. The first kappa shape index (κ1) is 18.7. The second-order valence-electron chi connectivity index (χ2n) is 8.27. The van der Waals surface area contributed by atoms with E-state index in [0.717, 1.165) is 42.8 Å². The van der Waals surface area contributed by atoms with Crippen molar-refractivity contribution in [3.63, 3.8) is 0 Å². The van der Waals surface area contributed by atoms with E-state index in [4.69, 9.17) is 0 Å². The lowest BCUT2D eigenvalue weighted by Crippen LogP contribution is -2.49. The van der Waals surface area contributed by atoms with Crippen LogP contribution in [-0.2, 0) is 4.79 Å². The Balaban J connectivity index is 1.36. The predicted molar refractivity (Wildman–Crippen MR) is 109 cm³/mol. The molecule has 0 radical (unpaired) electrons. The van der Waals surface area contributed by atoms with Gasteiger partial charge < -0.3 is 10.2 Å². The summed E-state index contributed by atoms with van der Waals surface area (Å²) in [6, 6.07) is 11.1. The lowest BCUT2D eigenvalue weighted by atomic mass is 9.93. The molecule has 2 heterocycles. The number of likely N-dealkylation sites (tertiary alicyclic amines) is 1. The van der Waals surface area contributed by atoms with Gasteiger partial charge in [0.1, 0.15) is 6.04 Å². The highest BCUT2D eigenvalue weighted by Crippen LogP contribution is 2.53. The minimum absolute atomic E-state index is 0.00772. The zero-order valence-electron chi connectivity index (χ0n) is 16.6. The molecule has 1 saturated heterocycles. The van der Waals surface area contributed by atoms with E-state index < -0.39 is 6.04 Å². The number of piperidine rings is 1. The maximum atomic E-state index is 12.7. The Morgan fingerprint density at radius 1 is 1.07 bits per heavy atom. The summed E-state index contributed by atoms with van der Waals surface area (Å²) >= 11 is 0. The van der Waals surface area contributed by atoms with Crippen LogP contribution in [0.25, 0.3) is 11.3 Å². The molecule has 1 aliphatic heterocycles. The molecule has 146 valence electrons. The first-order valence-electron chi connectivity index (χ1n) is 10.1. The Morgan fingerprint density at radius 3 is 2.39 bits per heavy atom. The number of carbonyl (C=O) groups excluding carboxylic acids is 2. The van der Waals surface area contributed by atoms with Crippen molar-refractivity contribution in [2.75, 3.05) is 13.1 Å². The number of nitrogens with zero attached hydrogens (tertiary/aromatic N) is 2. The van der Waals surface area contributed by atoms with Crippen molar-refractivity contribution in [2.24, 2.45) is 5.41 Å². The van der Waals surface area contributed by atoms with Gasteiger partial charge in [-0.3, -0.25) is 14.6 Å². The average molecular weight is 377 g/mol. The Kier molecular flexibility index (Phi) is 4.92. The Labute approximate surface area is 166 Å². The third-order valence-electron chi connectivity index (χ3n) is 6.26. The summed E-state index contributed by atoms with van der Waals surface area (Å²) in [4.78, 5) is 31.6. The predicted octanol–water partition coefficient (Wildman–Crippen LogP) is 3.58. The van der Waals surface area contributed by atoms with Gasteiger partial charge in [0.15, 0.2) is 0 Å². The molecule has 1 aromatic carbocycles. The smallest absolute Gasteiger partial charge is 0.253 e. The van der Waals surface area contributed by atoms with Crippen LogP contribution < -0.4 is 5.32 Å². The van der Waals surface area contributed by atoms with Gasteiger partial charge in [-0.05, 0) is 62.6 Å². The van der Waals surface area contributed by atoms with Crippen molar-refractivity contribution < 1.29 is 9.59 Å². The second-order valence-corrected chi connectivity index (χ2v) is 8.27. The molecule has 1 aromatic heterocycles. The van der Waals surface area contributed by atoms with Crippen molar-refractivity contribution in [3.8, 4) is 11.3 Å². The van der Waals surface area contributed by atoms with Crippen LogP contribution in [0.3, 0.4) is 0 Å². The molecular weight excluding hydrogens is 350 g/mol. The van der Waals surface area contributed by atoms with Crippen LogP contribution >= 0.6 is 0 Å². The van der Waals surface area contributed by atoms with Gasteiger partial charge in [-0.25, -0.2) is 0 Å². The number of amides is 2. The van der Waals surface area contributed by atoms with Crippen molar-refractivity contribution in [1.82, 2.24) is 15.2 Å². The second kappa shape index (κ2) is 7.38. The number of hydrogen-bond acceptors (Lipinski definition) is 3. The van der Waals surface area contributed by atoms with E-state index in [1.165, 1.54) is 12.8 Å². The van der Waals surface area contributed by atoms with E-state index in [0.29, 0.717) is 11.0 Å². The number of pyridine rings is 1. The highest BCUT2D eigenvalue weighted by atomic mass is 16.2. The third-order valence-corrected chi connectivity index (χ3v) is 6.26. The third kappa shape index (κ3) is 3.79. The molecule has 5 nitrogen and oxygen atoms in total. The van der Waals surface area contributed by atoms with Gasteiger partial charge in [0.2, 0.25) is 5.91 Å². The number of hydrogen-bond donors (Lipinski definition) is 1. The Bertz CT molecular complexity index is 877. The molecule has 2 fully saturated rings. The van der Waals surface area contributed by atoms with Crippen molar-refractivity contribution >= 4 is 11.8 Å². The van der Waals surface area contributed by atoms with Crippen LogP contribution in [0.2, 0.25) is 0 Å². The largest absolute Gasteiger partial charge is 0.341 e. The normalized spacial score (nSPS) is 18.6. The van der Waals surface area contributed by atoms with Gasteiger partial charge in [-0.15, -0.1) is 0 Å². The average Bonchev–Trinajstić information content (AvgIpc) is 3.47. The molecule has 5 heteroatoms. The molecule has 1 saturated carbocycles. The number of benzene rings is 1. The molecule has 4 rings (SSSR count). The fraction of sp³-hybridized carbons (Fsp3) is 0.435. The van der Waals surface area contributed by atoms with Gasteiger partial charge in [0.05, 0.1) is 11.3 Å². The number of nitrogens with one attached hydrogen (secondary N) is 1. The lowest BCUT2D eigenvalue weighted by Gasteiger charge is -2.33. The summed E-state index contributed by atoms with van der Waals surface area (Å²) in [5, 5.41) is 2.83. The van der Waals surface area contributed by atoms with Gasteiger partial charge >= 0.3 is 0 Å². The summed E-state index contributed by atoms with van der Waals surface area (Å²) in [5.74, 6) is -0.256. The van der Waals surface area contributed by atoms with E-state index in [1.807, 2.05) is 42.2 Å². The van der Waals surface area contributed by atoms with Crippen LogP contribution in [0.1, 0.15) is 48.5 Å². The van der Waals surface area contributed by atoms with Crippen molar-refractivity contribution in [1.29, 1.82) is 0 Å². The van der Waals surface area contributed by atoms with E-state index in [2.05, 4.69) is 10.3 Å². The van der Waals surface area contributed by atoms with E-state index in [9.17, 15) is 9.59 Å². The maximum absolute atomic E-state index is 12.7. The van der Waals surface area contributed by atoms with E-state index in [-0.39, 0.29) is 11.8 Å². The van der Waals surface area contributed by atoms with E-state index >= 15 is 0 Å². The van der Waals surface area contributed by atoms with Crippen molar-refractivity contribution in [2.45, 2.75) is 45.6 Å². The molecule has 2 aliphatic rings. The monoisotopic (exact) mass is 377 g/mol. The van der Waals surface area contributed by atoms with Crippen LogP contribution in [0, 0.1) is 12.3 Å². The van der Waals surface area contributed by atoms with Gasteiger partial charge in [-0.2, -0.15) is 0 Å². The molecule has 2 amide bonds. The Hall–Kier alpha value is -2.69. The van der Waals surface area contributed by atoms with Crippen molar-refractivity contribution in [3.05, 3.63) is 53.7 Å². The lowest BCUT2D eigenvalue weighted by molar-refractivity contribution is -0.134. The molecule has 2 aromatic rings. The molecule has 1 atom stereocenters. The number of rotatable bonds is 4. The Morgan fingerprint density at radius 2 is 1.79 bits per heavy atom. The fourth-order valence-corrected chi connectivity index (χ4v) is 4.04. The highest BCUT2D eigenvalue weighted by Gasteiger charge is 2.45. The summed E-state index contributed by atoms with van der Waals surface area (Å²) in [5.41, 5.74) is 4.03. The SMILES string of the molecule is Cc1ccccc1-c1ccc(C(=O)NC(C)C(=O)N2CCC3(CC2)CC3)cn1. The van der Waals surface area contributed by atoms with Gasteiger partial charge in [-0.1, -0.05) is 24.3 Å². The van der Waals surface area contributed by atoms with Crippen LogP contribution in [-0.4, -0.2) is 40.8 Å². The summed E-state index contributed by atoms with van der Waals surface area (Å²) in [7, 11) is 0. The number of aromatic nitrogens is 1. The van der Waals surface area contributed by atoms with Crippen LogP contribution in [0.15, 0.2) is 42.6 Å². The summed E-state index contributed by atoms with van der Waals surface area (Å²) < 4.78 is 0. The van der Waals surface area contributed by atoms with Crippen LogP contribution in [0.5, 0.6) is 0 Å². The zero-order chi connectivity index (χ0) is 19.7. The fourth-order valence-electron chi connectivity index (χ4n) is 4.04. The first-order valence-corrected chi connectivity index (χ1v) is 10.1. The zero-order valence-corrected chi connectivity index (χ0v) is 16.6. The molecule has 1 N–H and O–H groups in total. The van der Waals surface area contributed by atoms with E-state index in [1.54, 1.807) is 19.2 Å². The minimum Gasteiger partial charge on any atom is -0.341 e. The first-order chi connectivity index (χ1) is 13.5. The molecular formula is C23H27N3O2. The maximum Gasteiger partial charge on any atom is 0.253 e. The standard InChI is InChI=1S/C23H27N3O2/c1-16-5-3-4-6-19(16)20-8-7-18(15-24-20)21(27)25-17(2)22(28)26-13-11-23(9-10-23)12-14-26/h3-8,15,17H,9-14H2,1-2H3,(H,25,27). The topological polar surface area (TPSA) is 62.3 Å². The molecule has 1 unspecified atom stereocenters. The van der Waals surface area contributed by atoms with Crippen LogP contribution in [0.4, 0.5) is 0 Å². The number of aryl methyl sites for hydroxylation is 1. The summed E-state index contributed by atoms with van der Waals surface area (Å²) in [6.07, 6.45) is 6.40. The minimum atomic E-state index is -0.531.